The van der Waals surface area contributed by atoms with E-state index in [0.717, 1.165) is 24.4 Å². The lowest BCUT2D eigenvalue weighted by atomic mass is 10.1. The normalized spacial score (nSPS) is 14.8. The van der Waals surface area contributed by atoms with Gasteiger partial charge in [-0.2, -0.15) is 9.97 Å². The number of nitrogens with zero attached hydrogens (tertiary/aromatic N) is 5. The van der Waals surface area contributed by atoms with E-state index < -0.39 is 0 Å². The number of pyridine rings is 1. The van der Waals surface area contributed by atoms with Gasteiger partial charge < -0.3 is 15.0 Å². The van der Waals surface area contributed by atoms with Crippen molar-refractivity contribution in [2.24, 2.45) is 0 Å². The third-order valence-corrected chi connectivity index (χ3v) is 4.06. The first-order valence-corrected chi connectivity index (χ1v) is 7.95. The van der Waals surface area contributed by atoms with E-state index in [9.17, 15) is 0 Å². The van der Waals surface area contributed by atoms with Gasteiger partial charge in [0.1, 0.15) is 5.52 Å². The van der Waals surface area contributed by atoms with Crippen molar-refractivity contribution in [3.05, 3.63) is 47.3 Å². The van der Waals surface area contributed by atoms with E-state index in [0.29, 0.717) is 24.3 Å². The molecule has 2 N–H and O–H groups in total. The van der Waals surface area contributed by atoms with Crippen molar-refractivity contribution in [1.82, 2.24) is 24.5 Å². The summed E-state index contributed by atoms with van der Waals surface area (Å²) in [5.74, 6) is 0.276. The molecule has 0 radical (unpaired) electrons. The molecule has 0 spiro atoms. The van der Waals surface area contributed by atoms with Gasteiger partial charge in [-0.3, -0.25) is 4.98 Å². The number of rotatable bonds is 3. The second-order valence-electron chi connectivity index (χ2n) is 5.49. The highest BCUT2D eigenvalue weighted by atomic mass is 35.5. The van der Waals surface area contributed by atoms with Crippen LogP contribution in [-0.4, -0.2) is 37.7 Å². The summed E-state index contributed by atoms with van der Waals surface area (Å²) in [6.45, 7) is 1.90. The summed E-state index contributed by atoms with van der Waals surface area (Å²) >= 11 is 5.90. The quantitative estimate of drug-likeness (QED) is 0.734. The van der Waals surface area contributed by atoms with E-state index in [1.807, 2.05) is 22.8 Å². The van der Waals surface area contributed by atoms with E-state index >= 15 is 0 Å². The van der Waals surface area contributed by atoms with Crippen LogP contribution in [0.2, 0.25) is 5.28 Å². The summed E-state index contributed by atoms with van der Waals surface area (Å²) < 4.78 is 7.22. The van der Waals surface area contributed by atoms with Gasteiger partial charge in [0.25, 0.3) is 0 Å². The van der Waals surface area contributed by atoms with E-state index in [-0.39, 0.29) is 11.1 Å². The molecule has 122 valence electrons. The molecule has 0 saturated carbocycles. The molecule has 4 heterocycles. The number of fused-ring (bicyclic) bond motifs is 1. The molecular weight excluding hydrogens is 328 g/mol. The predicted molar refractivity (Wildman–Crippen MR) is 91.5 cm³/mol. The molecule has 1 aliphatic heterocycles. The Morgan fingerprint density at radius 1 is 1.25 bits per heavy atom. The lowest BCUT2D eigenvalue weighted by Gasteiger charge is -2.13. The van der Waals surface area contributed by atoms with Crippen molar-refractivity contribution in [2.45, 2.75) is 13.0 Å². The lowest BCUT2D eigenvalue weighted by molar-refractivity contribution is 0.161. The molecule has 0 fully saturated rings. The van der Waals surface area contributed by atoms with E-state index in [4.69, 9.17) is 27.1 Å². The van der Waals surface area contributed by atoms with Gasteiger partial charge in [-0.25, -0.2) is 4.98 Å². The van der Waals surface area contributed by atoms with Crippen LogP contribution in [-0.2, 0) is 11.3 Å². The molecule has 1 aliphatic rings. The zero-order valence-corrected chi connectivity index (χ0v) is 13.6. The van der Waals surface area contributed by atoms with Gasteiger partial charge in [0, 0.05) is 0 Å². The van der Waals surface area contributed by atoms with Crippen LogP contribution in [0.25, 0.3) is 16.7 Å². The third-order valence-electron chi connectivity index (χ3n) is 3.89. The minimum atomic E-state index is 0.107. The van der Waals surface area contributed by atoms with Crippen molar-refractivity contribution in [1.29, 1.82) is 0 Å². The molecule has 24 heavy (non-hydrogen) atoms. The summed E-state index contributed by atoms with van der Waals surface area (Å²) in [6, 6.07) is 5.99. The molecule has 0 unspecified atom stereocenters. The highest BCUT2D eigenvalue weighted by Gasteiger charge is 2.12. The fraction of sp³-hybridized carbons (Fsp3) is 0.250. The Morgan fingerprint density at radius 2 is 2.17 bits per heavy atom. The highest BCUT2D eigenvalue weighted by molar-refractivity contribution is 6.28. The average Bonchev–Trinajstić information content (AvgIpc) is 2.99. The summed E-state index contributed by atoms with van der Waals surface area (Å²) in [7, 11) is 0. The smallest absolute Gasteiger partial charge is 0.226 e. The Kier molecular flexibility index (Phi) is 3.87. The van der Waals surface area contributed by atoms with Gasteiger partial charge in [0.2, 0.25) is 5.28 Å². The number of aromatic nitrogens is 5. The minimum absolute atomic E-state index is 0.107. The number of ether oxygens (including phenoxy) is 1. The molecule has 4 rings (SSSR count). The first-order chi connectivity index (χ1) is 11.7. The zero-order valence-electron chi connectivity index (χ0n) is 12.8. The molecule has 0 saturated heterocycles. The van der Waals surface area contributed by atoms with Crippen molar-refractivity contribution in [3.63, 3.8) is 0 Å². The van der Waals surface area contributed by atoms with Crippen molar-refractivity contribution >= 4 is 34.2 Å². The number of hydrogen-bond donors (Lipinski definition) is 1. The summed E-state index contributed by atoms with van der Waals surface area (Å²) in [4.78, 5) is 17.2. The number of imidazole rings is 1. The Hall–Kier alpha value is -2.51. The first kappa shape index (κ1) is 15.0. The van der Waals surface area contributed by atoms with Crippen molar-refractivity contribution in [3.8, 4) is 0 Å². The van der Waals surface area contributed by atoms with Gasteiger partial charge >= 0.3 is 0 Å². The maximum Gasteiger partial charge on any atom is 0.226 e. The molecule has 0 atom stereocenters. The van der Waals surface area contributed by atoms with Crippen LogP contribution in [0.5, 0.6) is 0 Å². The van der Waals surface area contributed by atoms with E-state index in [1.165, 1.54) is 5.57 Å². The maximum absolute atomic E-state index is 5.90. The Morgan fingerprint density at radius 3 is 3.00 bits per heavy atom. The zero-order chi connectivity index (χ0) is 16.5. The molecular formula is C16H15ClN6O. The molecule has 8 heteroatoms. The number of hydrogen-bond acceptors (Lipinski definition) is 6. The summed E-state index contributed by atoms with van der Waals surface area (Å²) in [5.41, 5.74) is 10.1. The number of halogens is 1. The third kappa shape index (κ3) is 2.83. The Balaban J connectivity index is 1.67. The minimum Gasteiger partial charge on any atom is -0.382 e. The molecule has 3 aromatic rings. The van der Waals surface area contributed by atoms with Crippen LogP contribution in [0.1, 0.15) is 17.8 Å². The molecule has 0 aliphatic carbocycles. The molecule has 0 amide bonds. The molecule has 7 nitrogen and oxygen atoms in total. The average molecular weight is 343 g/mol. The monoisotopic (exact) mass is 342 g/mol. The van der Waals surface area contributed by atoms with Gasteiger partial charge in [-0.05, 0) is 35.7 Å². The summed E-state index contributed by atoms with van der Waals surface area (Å²) in [5, 5.41) is 0.107. The largest absolute Gasteiger partial charge is 0.382 e. The van der Waals surface area contributed by atoms with Gasteiger partial charge in [0.15, 0.2) is 11.5 Å². The Labute approximate surface area is 143 Å². The van der Waals surface area contributed by atoms with Crippen LogP contribution < -0.4 is 5.73 Å². The van der Waals surface area contributed by atoms with E-state index in [1.54, 1.807) is 6.33 Å². The van der Waals surface area contributed by atoms with Crippen LogP contribution in [0.4, 0.5) is 5.82 Å². The lowest BCUT2D eigenvalue weighted by Crippen LogP contribution is -2.07. The SMILES string of the molecule is Nc1nc(Cl)nc2c1ncn2Cc1cccc(C2=CCOCC2)n1. The van der Waals surface area contributed by atoms with Crippen molar-refractivity contribution in [2.75, 3.05) is 18.9 Å². The maximum atomic E-state index is 5.90. The summed E-state index contributed by atoms with van der Waals surface area (Å²) in [6.07, 6.45) is 4.63. The second-order valence-corrected chi connectivity index (χ2v) is 5.83. The van der Waals surface area contributed by atoms with Gasteiger partial charge in [-0.15, -0.1) is 0 Å². The van der Waals surface area contributed by atoms with Gasteiger partial charge in [0.05, 0.1) is 37.5 Å². The second kappa shape index (κ2) is 6.18. The standard InChI is InChI=1S/C16H15ClN6O/c17-16-21-14(18)13-15(22-16)23(9-19-13)8-11-2-1-3-12(20-11)10-4-6-24-7-5-10/h1-4,9H,5-8H2,(H2,18,21,22). The highest BCUT2D eigenvalue weighted by Crippen LogP contribution is 2.21. The van der Waals surface area contributed by atoms with Crippen LogP contribution in [0.15, 0.2) is 30.6 Å². The van der Waals surface area contributed by atoms with Crippen molar-refractivity contribution < 1.29 is 4.74 Å². The number of anilines is 1. The predicted octanol–water partition coefficient (Wildman–Crippen LogP) is 2.31. The Bertz CT molecular complexity index is 935. The molecule has 3 aromatic heterocycles. The molecule has 0 bridgehead atoms. The van der Waals surface area contributed by atoms with Crippen LogP contribution in [0.3, 0.4) is 0 Å². The number of nitrogen functional groups attached to an aromatic ring is 1. The topological polar surface area (TPSA) is 91.7 Å². The fourth-order valence-electron chi connectivity index (χ4n) is 2.73. The van der Waals surface area contributed by atoms with Crippen LogP contribution in [0, 0.1) is 0 Å². The molecule has 0 aromatic carbocycles. The van der Waals surface area contributed by atoms with Crippen LogP contribution >= 0.6 is 11.6 Å². The van der Waals surface area contributed by atoms with Gasteiger partial charge in [-0.1, -0.05) is 12.1 Å². The fourth-order valence-corrected chi connectivity index (χ4v) is 2.91. The van der Waals surface area contributed by atoms with E-state index in [2.05, 4.69) is 21.0 Å². The first-order valence-electron chi connectivity index (χ1n) is 7.57. The number of nitrogens with two attached hydrogens (primary N) is 1.